The van der Waals surface area contributed by atoms with E-state index in [1.54, 1.807) is 7.11 Å². The maximum atomic E-state index is 5.37. The molecule has 1 aromatic carbocycles. The lowest BCUT2D eigenvalue weighted by Gasteiger charge is -2.20. The van der Waals surface area contributed by atoms with E-state index < -0.39 is 0 Å². The van der Waals surface area contributed by atoms with Crippen LogP contribution < -0.4 is 10.1 Å². The van der Waals surface area contributed by atoms with Gasteiger partial charge in [0.2, 0.25) is 0 Å². The highest BCUT2D eigenvalue weighted by molar-refractivity contribution is 5.41. The van der Waals surface area contributed by atoms with Gasteiger partial charge in [-0.3, -0.25) is 0 Å². The van der Waals surface area contributed by atoms with E-state index in [1.165, 1.54) is 48.8 Å². The molecule has 1 aliphatic carbocycles. The van der Waals surface area contributed by atoms with E-state index in [1.807, 2.05) is 0 Å². The lowest BCUT2D eigenvalue weighted by atomic mass is 9.95. The molecule has 0 atom stereocenters. The lowest BCUT2D eigenvalue weighted by molar-refractivity contribution is -0.706. The molecule has 2 rings (SSSR count). The third-order valence-corrected chi connectivity index (χ3v) is 4.17. The molecule has 0 aromatic heterocycles. The van der Waals surface area contributed by atoms with Gasteiger partial charge in [0.25, 0.3) is 0 Å². The van der Waals surface area contributed by atoms with Crippen molar-refractivity contribution in [2.45, 2.75) is 58.5 Å². The zero-order chi connectivity index (χ0) is 13.0. The minimum absolute atomic E-state index is 0.848. The molecular weight excluding hydrogens is 222 g/mol. The third kappa shape index (κ3) is 3.26. The summed E-state index contributed by atoms with van der Waals surface area (Å²) in [5, 5.41) is 2.54. The van der Waals surface area contributed by atoms with Crippen molar-refractivity contribution >= 4 is 0 Å². The van der Waals surface area contributed by atoms with Crippen LogP contribution in [0.25, 0.3) is 0 Å². The van der Waals surface area contributed by atoms with Crippen LogP contribution in [0, 0.1) is 13.8 Å². The molecule has 0 aliphatic heterocycles. The van der Waals surface area contributed by atoms with Gasteiger partial charge in [0.05, 0.1) is 13.2 Å². The fraction of sp³-hybridized carbons (Fsp3) is 0.625. The van der Waals surface area contributed by atoms with Crippen LogP contribution >= 0.6 is 0 Å². The fourth-order valence-corrected chi connectivity index (χ4v) is 2.95. The second kappa shape index (κ2) is 6.24. The van der Waals surface area contributed by atoms with Crippen molar-refractivity contribution in [3.8, 4) is 5.75 Å². The highest BCUT2D eigenvalue weighted by Crippen LogP contribution is 2.22. The molecule has 0 saturated heterocycles. The van der Waals surface area contributed by atoms with Crippen molar-refractivity contribution in [1.82, 2.24) is 0 Å². The van der Waals surface area contributed by atoms with E-state index in [4.69, 9.17) is 4.74 Å². The van der Waals surface area contributed by atoms with E-state index in [0.29, 0.717) is 0 Å². The lowest BCUT2D eigenvalue weighted by Crippen LogP contribution is -2.88. The van der Waals surface area contributed by atoms with Gasteiger partial charge in [-0.2, -0.15) is 0 Å². The summed E-state index contributed by atoms with van der Waals surface area (Å²) in [4.78, 5) is 0. The predicted molar refractivity (Wildman–Crippen MR) is 75.0 cm³/mol. The Labute approximate surface area is 111 Å². The van der Waals surface area contributed by atoms with Gasteiger partial charge in [0, 0.05) is 5.56 Å². The second-order valence-electron chi connectivity index (χ2n) is 5.59. The van der Waals surface area contributed by atoms with Gasteiger partial charge in [0.15, 0.2) is 0 Å². The van der Waals surface area contributed by atoms with E-state index in [-0.39, 0.29) is 0 Å². The van der Waals surface area contributed by atoms with Crippen LogP contribution in [0.15, 0.2) is 12.1 Å². The maximum absolute atomic E-state index is 5.37. The molecule has 0 heterocycles. The van der Waals surface area contributed by atoms with Gasteiger partial charge in [0.1, 0.15) is 12.3 Å². The second-order valence-corrected chi connectivity index (χ2v) is 5.59. The first-order valence-electron chi connectivity index (χ1n) is 7.18. The maximum Gasteiger partial charge on any atom is 0.122 e. The Bertz CT molecular complexity index is 394. The van der Waals surface area contributed by atoms with E-state index >= 15 is 0 Å². The zero-order valence-electron chi connectivity index (χ0n) is 12.0. The molecule has 0 bridgehead atoms. The molecule has 2 heteroatoms. The fourth-order valence-electron chi connectivity index (χ4n) is 2.95. The quantitative estimate of drug-likeness (QED) is 0.871. The molecule has 0 radical (unpaired) electrons. The number of nitrogens with two attached hydrogens (primary N) is 1. The smallest absolute Gasteiger partial charge is 0.122 e. The number of benzene rings is 1. The number of methoxy groups -OCH3 is 1. The van der Waals surface area contributed by atoms with Crippen LogP contribution in [0.5, 0.6) is 5.75 Å². The molecule has 1 aliphatic rings. The largest absolute Gasteiger partial charge is 0.496 e. The normalized spacial score (nSPS) is 16.8. The van der Waals surface area contributed by atoms with Gasteiger partial charge in [-0.05, 0) is 62.8 Å². The van der Waals surface area contributed by atoms with Gasteiger partial charge >= 0.3 is 0 Å². The average molecular weight is 248 g/mol. The standard InChI is InChI=1S/C16H25NO/c1-12-10-16(18-3)13(2)9-14(12)11-17-15-7-5-4-6-8-15/h9-10,15,17H,4-8,11H2,1-3H3/p+1. The van der Waals surface area contributed by atoms with E-state index in [9.17, 15) is 0 Å². The molecule has 2 nitrogen and oxygen atoms in total. The van der Waals surface area contributed by atoms with Crippen molar-refractivity contribution in [3.63, 3.8) is 0 Å². The van der Waals surface area contributed by atoms with Crippen molar-refractivity contribution in [2.24, 2.45) is 0 Å². The topological polar surface area (TPSA) is 25.8 Å². The van der Waals surface area contributed by atoms with Crippen molar-refractivity contribution in [3.05, 3.63) is 28.8 Å². The van der Waals surface area contributed by atoms with Crippen LogP contribution in [-0.2, 0) is 6.54 Å². The Hall–Kier alpha value is -1.02. The van der Waals surface area contributed by atoms with Crippen molar-refractivity contribution in [2.75, 3.05) is 7.11 Å². The van der Waals surface area contributed by atoms with Crippen molar-refractivity contribution in [1.29, 1.82) is 0 Å². The van der Waals surface area contributed by atoms with Gasteiger partial charge in [-0.25, -0.2) is 0 Å². The zero-order valence-corrected chi connectivity index (χ0v) is 12.0. The Kier molecular flexibility index (Phi) is 4.65. The summed E-state index contributed by atoms with van der Waals surface area (Å²) in [6, 6.07) is 5.30. The predicted octanol–water partition coefficient (Wildman–Crippen LogP) is 2.71. The summed E-state index contributed by atoms with van der Waals surface area (Å²) in [6.45, 7) is 5.43. The molecule has 1 saturated carbocycles. The first-order valence-corrected chi connectivity index (χ1v) is 7.18. The molecule has 0 unspecified atom stereocenters. The Morgan fingerprint density at radius 1 is 1.11 bits per heavy atom. The van der Waals surface area contributed by atoms with Gasteiger partial charge in [-0.15, -0.1) is 0 Å². The molecule has 100 valence electrons. The summed E-state index contributed by atoms with van der Waals surface area (Å²) >= 11 is 0. The molecule has 18 heavy (non-hydrogen) atoms. The minimum atomic E-state index is 0.848. The number of quaternary nitrogens is 1. The van der Waals surface area contributed by atoms with E-state index in [2.05, 4.69) is 31.3 Å². The summed E-state index contributed by atoms with van der Waals surface area (Å²) in [5.41, 5.74) is 4.05. The SMILES string of the molecule is COc1cc(C)c(C[NH2+]C2CCCCC2)cc1C. The minimum Gasteiger partial charge on any atom is -0.496 e. The summed E-state index contributed by atoms with van der Waals surface area (Å²) in [6.07, 6.45) is 7.07. The van der Waals surface area contributed by atoms with E-state index in [0.717, 1.165) is 18.3 Å². The van der Waals surface area contributed by atoms with Crippen LogP contribution in [-0.4, -0.2) is 13.2 Å². The summed E-state index contributed by atoms with van der Waals surface area (Å²) in [7, 11) is 1.75. The number of hydrogen-bond acceptors (Lipinski definition) is 1. The molecule has 2 N–H and O–H groups in total. The third-order valence-electron chi connectivity index (χ3n) is 4.17. The van der Waals surface area contributed by atoms with Crippen LogP contribution in [0.1, 0.15) is 48.8 Å². The van der Waals surface area contributed by atoms with Crippen LogP contribution in [0.2, 0.25) is 0 Å². The number of ether oxygens (including phenoxy) is 1. The Balaban J connectivity index is 1.98. The first kappa shape index (κ1) is 13.4. The summed E-state index contributed by atoms with van der Waals surface area (Å²) < 4.78 is 5.37. The highest BCUT2D eigenvalue weighted by Gasteiger charge is 2.16. The molecule has 1 aromatic rings. The highest BCUT2D eigenvalue weighted by atomic mass is 16.5. The molecule has 0 amide bonds. The Morgan fingerprint density at radius 3 is 2.50 bits per heavy atom. The number of aryl methyl sites for hydroxylation is 2. The first-order chi connectivity index (χ1) is 8.70. The Morgan fingerprint density at radius 2 is 1.83 bits per heavy atom. The number of hydrogen-bond donors (Lipinski definition) is 1. The molecule has 0 spiro atoms. The van der Waals surface area contributed by atoms with Gasteiger partial charge in [-0.1, -0.05) is 6.42 Å². The molecular formula is C16H26NO+. The monoisotopic (exact) mass is 248 g/mol. The van der Waals surface area contributed by atoms with Crippen molar-refractivity contribution < 1.29 is 10.1 Å². The average Bonchev–Trinajstić information content (AvgIpc) is 2.40. The van der Waals surface area contributed by atoms with Gasteiger partial charge < -0.3 is 10.1 Å². The number of rotatable bonds is 4. The molecule has 1 fully saturated rings. The van der Waals surface area contributed by atoms with Crippen LogP contribution in [0.4, 0.5) is 0 Å². The van der Waals surface area contributed by atoms with Crippen LogP contribution in [0.3, 0.4) is 0 Å². The summed E-state index contributed by atoms with van der Waals surface area (Å²) in [5.74, 6) is 1.01.